The normalized spacial score (nSPS) is 15.0. The molecule has 0 radical (unpaired) electrons. The molecule has 1 saturated heterocycles. The average molecular weight is 508 g/mol. The van der Waals surface area contributed by atoms with E-state index in [1.165, 1.54) is 7.11 Å². The second-order valence-electron chi connectivity index (χ2n) is 7.84. The molecule has 3 aromatic carbocycles. The number of benzene rings is 3. The van der Waals surface area contributed by atoms with Gasteiger partial charge in [-0.3, -0.25) is 9.69 Å². The second-order valence-corrected chi connectivity index (χ2v) is 8.69. The fourth-order valence-electron chi connectivity index (χ4n) is 4.08. The van der Waals surface area contributed by atoms with Gasteiger partial charge >= 0.3 is 5.97 Å². The fraction of sp³-hybridized carbons (Fsp3) is 0.231. The number of amides is 1. The Bertz CT molecular complexity index is 1100. The first-order chi connectivity index (χ1) is 16.1. The molecule has 1 aliphatic heterocycles. The maximum Gasteiger partial charge on any atom is 0.327 e. The molecular formula is C26H26BrN3O3. The molecule has 0 spiro atoms. The quantitative estimate of drug-likeness (QED) is 0.488. The summed E-state index contributed by atoms with van der Waals surface area (Å²) in [5.41, 5.74) is 3.37. The van der Waals surface area contributed by atoms with Crippen LogP contribution >= 0.6 is 15.9 Å². The molecule has 6 nitrogen and oxygen atoms in total. The summed E-state index contributed by atoms with van der Waals surface area (Å²) in [5, 5.41) is 2.94. The maximum absolute atomic E-state index is 12.5. The van der Waals surface area contributed by atoms with Crippen molar-refractivity contribution in [1.82, 2.24) is 4.90 Å². The standard InChI is InChI=1S/C26H26BrN3O3/c1-33-26(32)24(19-7-3-2-4-8-19)30-17-15-29(16-18-30)21-13-11-20(12-14-21)28-25(31)22-9-5-6-10-23(22)27/h2-14,24H,15-18H2,1H3,(H,28,31). The van der Waals surface area contributed by atoms with Crippen LogP contribution in [0, 0.1) is 0 Å². The molecular weight excluding hydrogens is 482 g/mol. The largest absolute Gasteiger partial charge is 0.468 e. The number of nitrogens with zero attached hydrogens (tertiary/aromatic N) is 2. The van der Waals surface area contributed by atoms with Crippen LogP contribution in [0.3, 0.4) is 0 Å². The van der Waals surface area contributed by atoms with E-state index in [1.54, 1.807) is 6.07 Å². The molecule has 0 bridgehead atoms. The Kier molecular flexibility index (Phi) is 7.42. The topological polar surface area (TPSA) is 61.9 Å². The number of halogens is 1. The average Bonchev–Trinajstić information content (AvgIpc) is 2.86. The van der Waals surface area contributed by atoms with Crippen LogP contribution in [0.4, 0.5) is 11.4 Å². The van der Waals surface area contributed by atoms with Gasteiger partial charge in [-0.1, -0.05) is 42.5 Å². The molecule has 0 saturated carbocycles. The Balaban J connectivity index is 1.38. The molecule has 0 aromatic heterocycles. The lowest BCUT2D eigenvalue weighted by Crippen LogP contribution is -2.49. The predicted octanol–water partition coefficient (Wildman–Crippen LogP) is 4.74. The molecule has 3 aromatic rings. The van der Waals surface area contributed by atoms with Gasteiger partial charge in [0.05, 0.1) is 12.7 Å². The van der Waals surface area contributed by atoms with Crippen LogP contribution in [0.1, 0.15) is 22.0 Å². The number of rotatable bonds is 6. The molecule has 4 rings (SSSR count). The first-order valence-corrected chi connectivity index (χ1v) is 11.6. The number of carbonyl (C=O) groups is 2. The van der Waals surface area contributed by atoms with Crippen molar-refractivity contribution in [1.29, 1.82) is 0 Å². The summed E-state index contributed by atoms with van der Waals surface area (Å²) in [7, 11) is 1.44. The van der Waals surface area contributed by atoms with Gasteiger partial charge in [-0.25, -0.2) is 4.79 Å². The lowest BCUT2D eigenvalue weighted by atomic mass is 10.0. The molecule has 0 aliphatic carbocycles. The third-order valence-electron chi connectivity index (χ3n) is 5.83. The van der Waals surface area contributed by atoms with Crippen LogP contribution in [-0.4, -0.2) is 50.1 Å². The summed E-state index contributed by atoms with van der Waals surface area (Å²) in [6.07, 6.45) is 0. The van der Waals surface area contributed by atoms with Gasteiger partial charge in [-0.15, -0.1) is 0 Å². The molecule has 7 heteroatoms. The Hall–Kier alpha value is -3.16. The molecule has 1 fully saturated rings. The summed E-state index contributed by atoms with van der Waals surface area (Å²) < 4.78 is 5.85. The smallest absolute Gasteiger partial charge is 0.327 e. The van der Waals surface area contributed by atoms with Gasteiger partial charge in [0.25, 0.3) is 5.91 Å². The highest BCUT2D eigenvalue weighted by Gasteiger charge is 2.31. The van der Waals surface area contributed by atoms with Gasteiger partial charge < -0.3 is 15.0 Å². The summed E-state index contributed by atoms with van der Waals surface area (Å²) in [5.74, 6) is -0.390. The van der Waals surface area contributed by atoms with Crippen molar-refractivity contribution in [2.45, 2.75) is 6.04 Å². The van der Waals surface area contributed by atoms with E-state index in [0.29, 0.717) is 5.56 Å². The van der Waals surface area contributed by atoms with E-state index < -0.39 is 6.04 Å². The highest BCUT2D eigenvalue weighted by Crippen LogP contribution is 2.26. The van der Waals surface area contributed by atoms with E-state index in [1.807, 2.05) is 72.8 Å². The Morgan fingerprint density at radius 2 is 1.52 bits per heavy atom. The molecule has 1 atom stereocenters. The Labute approximate surface area is 202 Å². The minimum Gasteiger partial charge on any atom is -0.468 e. The van der Waals surface area contributed by atoms with E-state index in [0.717, 1.165) is 47.6 Å². The number of piperazine rings is 1. The maximum atomic E-state index is 12.5. The number of hydrogen-bond acceptors (Lipinski definition) is 5. The molecule has 1 unspecified atom stereocenters. The minimum absolute atomic E-state index is 0.154. The number of ether oxygens (including phenoxy) is 1. The third-order valence-corrected chi connectivity index (χ3v) is 6.52. The van der Waals surface area contributed by atoms with Crippen LogP contribution in [0.15, 0.2) is 83.3 Å². The first-order valence-electron chi connectivity index (χ1n) is 10.8. The molecule has 1 N–H and O–H groups in total. The van der Waals surface area contributed by atoms with Crippen molar-refractivity contribution in [3.05, 3.63) is 94.5 Å². The van der Waals surface area contributed by atoms with E-state index in [2.05, 4.69) is 31.0 Å². The van der Waals surface area contributed by atoms with Crippen LogP contribution in [-0.2, 0) is 9.53 Å². The number of nitrogens with one attached hydrogen (secondary N) is 1. The summed E-state index contributed by atoms with van der Waals surface area (Å²) in [4.78, 5) is 29.5. The summed E-state index contributed by atoms with van der Waals surface area (Å²) in [6.45, 7) is 3.08. The molecule has 170 valence electrons. The van der Waals surface area contributed by atoms with Gasteiger partial charge in [0.15, 0.2) is 0 Å². The van der Waals surface area contributed by atoms with Crippen LogP contribution in [0.25, 0.3) is 0 Å². The summed E-state index contributed by atoms with van der Waals surface area (Å²) in [6, 6.07) is 24.6. The van der Waals surface area contributed by atoms with Crippen molar-refractivity contribution in [2.75, 3.05) is 43.5 Å². The molecule has 1 amide bonds. The van der Waals surface area contributed by atoms with Gasteiger partial charge in [0.2, 0.25) is 0 Å². The molecule has 1 aliphatic rings. The van der Waals surface area contributed by atoms with Crippen LogP contribution in [0.5, 0.6) is 0 Å². The van der Waals surface area contributed by atoms with E-state index in [4.69, 9.17) is 4.74 Å². The lowest BCUT2D eigenvalue weighted by molar-refractivity contribution is -0.147. The zero-order valence-corrected chi connectivity index (χ0v) is 20.0. The van der Waals surface area contributed by atoms with Gasteiger partial charge in [0, 0.05) is 42.0 Å². The molecule has 1 heterocycles. The van der Waals surface area contributed by atoms with Crippen molar-refractivity contribution in [2.24, 2.45) is 0 Å². The zero-order chi connectivity index (χ0) is 23.2. The monoisotopic (exact) mass is 507 g/mol. The number of anilines is 2. The van der Waals surface area contributed by atoms with E-state index >= 15 is 0 Å². The minimum atomic E-state index is -0.395. The van der Waals surface area contributed by atoms with Crippen molar-refractivity contribution in [3.63, 3.8) is 0 Å². The van der Waals surface area contributed by atoms with Crippen LogP contribution in [0.2, 0.25) is 0 Å². The lowest BCUT2D eigenvalue weighted by Gasteiger charge is -2.39. The number of carbonyl (C=O) groups excluding carboxylic acids is 2. The van der Waals surface area contributed by atoms with E-state index in [-0.39, 0.29) is 11.9 Å². The number of hydrogen-bond donors (Lipinski definition) is 1. The highest BCUT2D eigenvalue weighted by molar-refractivity contribution is 9.10. The van der Waals surface area contributed by atoms with Crippen molar-refractivity contribution in [3.8, 4) is 0 Å². The first kappa shape index (κ1) is 23.0. The van der Waals surface area contributed by atoms with Crippen LogP contribution < -0.4 is 10.2 Å². The molecule has 33 heavy (non-hydrogen) atoms. The number of esters is 1. The third kappa shape index (κ3) is 5.43. The second kappa shape index (κ2) is 10.6. The fourth-order valence-corrected chi connectivity index (χ4v) is 4.55. The zero-order valence-electron chi connectivity index (χ0n) is 18.4. The number of methoxy groups -OCH3 is 1. The highest BCUT2D eigenvalue weighted by atomic mass is 79.9. The van der Waals surface area contributed by atoms with Gasteiger partial charge in [-0.05, 0) is 57.9 Å². The van der Waals surface area contributed by atoms with Crippen molar-refractivity contribution < 1.29 is 14.3 Å². The Morgan fingerprint density at radius 1 is 0.879 bits per heavy atom. The predicted molar refractivity (Wildman–Crippen MR) is 134 cm³/mol. The van der Waals surface area contributed by atoms with Crippen molar-refractivity contribution >= 4 is 39.2 Å². The summed E-state index contributed by atoms with van der Waals surface area (Å²) >= 11 is 3.42. The SMILES string of the molecule is COC(=O)C(c1ccccc1)N1CCN(c2ccc(NC(=O)c3ccccc3Br)cc2)CC1. The van der Waals surface area contributed by atoms with Gasteiger partial charge in [0.1, 0.15) is 6.04 Å². The van der Waals surface area contributed by atoms with Gasteiger partial charge in [-0.2, -0.15) is 0 Å². The van der Waals surface area contributed by atoms with E-state index in [9.17, 15) is 9.59 Å². The Morgan fingerprint density at radius 3 is 2.15 bits per heavy atom.